The maximum absolute atomic E-state index is 4.36. The van der Waals surface area contributed by atoms with Gasteiger partial charge in [0.05, 0.1) is 11.7 Å². The van der Waals surface area contributed by atoms with Crippen molar-refractivity contribution in [2.45, 2.75) is 19.9 Å². The van der Waals surface area contributed by atoms with Crippen molar-refractivity contribution in [3.63, 3.8) is 0 Å². The number of aromatic nitrogens is 2. The molecule has 1 heterocycles. The van der Waals surface area contributed by atoms with Gasteiger partial charge in [-0.1, -0.05) is 0 Å². The standard InChI is InChI=1S/C11H15N3/c1-8(2)14-11-6-10(12-3)5-4-9(11)7-13-14/h4-8,12H,1-3H3. The van der Waals surface area contributed by atoms with Crippen molar-refractivity contribution >= 4 is 16.6 Å². The van der Waals surface area contributed by atoms with Crippen molar-refractivity contribution in [2.75, 3.05) is 12.4 Å². The van der Waals surface area contributed by atoms with Gasteiger partial charge < -0.3 is 5.32 Å². The molecule has 1 aromatic heterocycles. The zero-order valence-corrected chi connectivity index (χ0v) is 8.78. The summed E-state index contributed by atoms with van der Waals surface area (Å²) in [5.74, 6) is 0. The van der Waals surface area contributed by atoms with E-state index in [4.69, 9.17) is 0 Å². The number of nitrogens with zero attached hydrogens (tertiary/aromatic N) is 2. The molecular formula is C11H15N3. The molecule has 0 fully saturated rings. The van der Waals surface area contributed by atoms with Crippen molar-refractivity contribution in [1.82, 2.24) is 9.78 Å². The van der Waals surface area contributed by atoms with E-state index in [0.29, 0.717) is 6.04 Å². The summed E-state index contributed by atoms with van der Waals surface area (Å²) in [6, 6.07) is 6.68. The molecule has 0 aliphatic heterocycles. The van der Waals surface area contributed by atoms with E-state index in [2.05, 4.69) is 42.5 Å². The zero-order chi connectivity index (χ0) is 10.1. The van der Waals surface area contributed by atoms with Crippen LogP contribution in [-0.4, -0.2) is 16.8 Å². The second-order valence-corrected chi connectivity index (χ2v) is 3.71. The summed E-state index contributed by atoms with van der Waals surface area (Å²) >= 11 is 0. The van der Waals surface area contributed by atoms with Crippen LogP contribution in [-0.2, 0) is 0 Å². The van der Waals surface area contributed by atoms with E-state index in [1.54, 1.807) is 0 Å². The molecule has 1 N–H and O–H groups in total. The molecule has 3 heteroatoms. The van der Waals surface area contributed by atoms with Crippen LogP contribution >= 0.6 is 0 Å². The van der Waals surface area contributed by atoms with Crippen LogP contribution in [0.25, 0.3) is 10.9 Å². The Balaban J connectivity index is 2.63. The largest absolute Gasteiger partial charge is 0.388 e. The predicted octanol–water partition coefficient (Wildman–Crippen LogP) is 2.66. The Morgan fingerprint density at radius 3 is 2.79 bits per heavy atom. The van der Waals surface area contributed by atoms with Crippen molar-refractivity contribution < 1.29 is 0 Å². The first-order valence-electron chi connectivity index (χ1n) is 4.87. The van der Waals surface area contributed by atoms with Gasteiger partial charge in [0.25, 0.3) is 0 Å². The summed E-state index contributed by atoms with van der Waals surface area (Å²) in [7, 11) is 1.93. The molecule has 74 valence electrons. The second kappa shape index (κ2) is 3.33. The molecule has 0 radical (unpaired) electrons. The number of anilines is 1. The molecule has 0 amide bonds. The van der Waals surface area contributed by atoms with Gasteiger partial charge >= 0.3 is 0 Å². The minimum Gasteiger partial charge on any atom is -0.388 e. The maximum Gasteiger partial charge on any atom is 0.0706 e. The number of hydrogen-bond acceptors (Lipinski definition) is 2. The molecule has 0 atom stereocenters. The van der Waals surface area contributed by atoms with Crippen LogP contribution in [0.3, 0.4) is 0 Å². The zero-order valence-electron chi connectivity index (χ0n) is 8.78. The van der Waals surface area contributed by atoms with Gasteiger partial charge in [-0.25, -0.2) is 0 Å². The summed E-state index contributed by atoms with van der Waals surface area (Å²) in [6.45, 7) is 4.27. The second-order valence-electron chi connectivity index (χ2n) is 3.71. The molecule has 1 aromatic carbocycles. The Kier molecular flexibility index (Phi) is 2.15. The smallest absolute Gasteiger partial charge is 0.0706 e. The van der Waals surface area contributed by atoms with E-state index >= 15 is 0 Å². The lowest BCUT2D eigenvalue weighted by Crippen LogP contribution is -2.02. The first-order valence-corrected chi connectivity index (χ1v) is 4.87. The monoisotopic (exact) mass is 189 g/mol. The first kappa shape index (κ1) is 9.06. The average molecular weight is 189 g/mol. The third kappa shape index (κ3) is 1.35. The summed E-state index contributed by atoms with van der Waals surface area (Å²) in [6.07, 6.45) is 1.91. The van der Waals surface area contributed by atoms with Gasteiger partial charge in [-0.2, -0.15) is 5.10 Å². The van der Waals surface area contributed by atoms with E-state index in [9.17, 15) is 0 Å². The fraction of sp³-hybridized carbons (Fsp3) is 0.364. The molecule has 2 aromatic rings. The average Bonchev–Trinajstić information content (AvgIpc) is 2.59. The molecular weight excluding hydrogens is 174 g/mol. The van der Waals surface area contributed by atoms with E-state index in [0.717, 1.165) is 5.69 Å². The molecule has 0 unspecified atom stereocenters. The molecule has 0 saturated heterocycles. The van der Waals surface area contributed by atoms with Crippen LogP contribution in [0.2, 0.25) is 0 Å². The summed E-state index contributed by atoms with van der Waals surface area (Å²) in [5, 5.41) is 8.69. The number of hydrogen-bond donors (Lipinski definition) is 1. The molecule has 0 aliphatic carbocycles. The minimum absolute atomic E-state index is 0.402. The summed E-state index contributed by atoms with van der Waals surface area (Å²) < 4.78 is 2.04. The predicted molar refractivity (Wildman–Crippen MR) is 59.7 cm³/mol. The van der Waals surface area contributed by atoms with Crippen molar-refractivity contribution in [1.29, 1.82) is 0 Å². The number of benzene rings is 1. The van der Waals surface area contributed by atoms with Crippen molar-refractivity contribution in [3.8, 4) is 0 Å². The van der Waals surface area contributed by atoms with Gasteiger partial charge in [0.2, 0.25) is 0 Å². The highest BCUT2D eigenvalue weighted by Crippen LogP contribution is 2.21. The van der Waals surface area contributed by atoms with Gasteiger partial charge in [-0.3, -0.25) is 4.68 Å². The van der Waals surface area contributed by atoms with Gasteiger partial charge in [-0.15, -0.1) is 0 Å². The highest BCUT2D eigenvalue weighted by Gasteiger charge is 2.05. The number of nitrogens with one attached hydrogen (secondary N) is 1. The van der Waals surface area contributed by atoms with Gasteiger partial charge in [0.1, 0.15) is 0 Å². The summed E-state index contributed by atoms with van der Waals surface area (Å²) in [4.78, 5) is 0. The lowest BCUT2D eigenvalue weighted by Gasteiger charge is -2.07. The van der Waals surface area contributed by atoms with Crippen molar-refractivity contribution in [3.05, 3.63) is 24.4 Å². The van der Waals surface area contributed by atoms with Gasteiger partial charge in [-0.05, 0) is 32.0 Å². The lowest BCUT2D eigenvalue weighted by molar-refractivity contribution is 0.551. The molecule has 0 spiro atoms. The highest BCUT2D eigenvalue weighted by molar-refractivity contribution is 5.82. The molecule has 0 bridgehead atoms. The van der Waals surface area contributed by atoms with Crippen LogP contribution in [0.15, 0.2) is 24.4 Å². The van der Waals surface area contributed by atoms with Crippen LogP contribution in [0, 0.1) is 0 Å². The SMILES string of the molecule is CNc1ccc2cnn(C(C)C)c2c1. The van der Waals surface area contributed by atoms with E-state index < -0.39 is 0 Å². The molecule has 2 rings (SSSR count). The Hall–Kier alpha value is -1.51. The maximum atomic E-state index is 4.36. The van der Waals surface area contributed by atoms with E-state index in [1.807, 2.05) is 17.9 Å². The Morgan fingerprint density at radius 2 is 2.14 bits per heavy atom. The first-order chi connectivity index (χ1) is 6.72. The van der Waals surface area contributed by atoms with Gasteiger partial charge in [0.15, 0.2) is 0 Å². The molecule has 0 aliphatic rings. The Labute approximate surface area is 83.7 Å². The number of fused-ring (bicyclic) bond motifs is 1. The summed E-state index contributed by atoms with van der Waals surface area (Å²) in [5.41, 5.74) is 2.31. The Bertz CT molecular complexity index is 443. The van der Waals surface area contributed by atoms with E-state index in [1.165, 1.54) is 10.9 Å². The molecule has 3 nitrogen and oxygen atoms in total. The Morgan fingerprint density at radius 1 is 1.36 bits per heavy atom. The van der Waals surface area contributed by atoms with Crippen LogP contribution in [0.4, 0.5) is 5.69 Å². The molecule has 14 heavy (non-hydrogen) atoms. The normalized spacial score (nSPS) is 11.1. The lowest BCUT2D eigenvalue weighted by atomic mass is 10.2. The highest BCUT2D eigenvalue weighted by atomic mass is 15.3. The van der Waals surface area contributed by atoms with E-state index in [-0.39, 0.29) is 0 Å². The third-order valence-corrected chi connectivity index (χ3v) is 2.38. The molecule has 0 saturated carbocycles. The van der Waals surface area contributed by atoms with Crippen LogP contribution in [0.5, 0.6) is 0 Å². The topological polar surface area (TPSA) is 29.9 Å². The third-order valence-electron chi connectivity index (χ3n) is 2.38. The van der Waals surface area contributed by atoms with Crippen LogP contribution < -0.4 is 5.32 Å². The number of rotatable bonds is 2. The minimum atomic E-state index is 0.402. The van der Waals surface area contributed by atoms with Crippen molar-refractivity contribution in [2.24, 2.45) is 0 Å². The fourth-order valence-corrected chi connectivity index (χ4v) is 1.60. The van der Waals surface area contributed by atoms with Crippen LogP contribution in [0.1, 0.15) is 19.9 Å². The quantitative estimate of drug-likeness (QED) is 0.787. The van der Waals surface area contributed by atoms with Gasteiger partial charge in [0, 0.05) is 24.2 Å². The fourth-order valence-electron chi connectivity index (χ4n) is 1.60.